The predicted octanol–water partition coefficient (Wildman–Crippen LogP) is 4.82. The van der Waals surface area contributed by atoms with Crippen LogP contribution in [0.2, 0.25) is 0 Å². The van der Waals surface area contributed by atoms with Gasteiger partial charge in [0.2, 0.25) is 0 Å². The molecule has 0 saturated carbocycles. The summed E-state index contributed by atoms with van der Waals surface area (Å²) in [6.07, 6.45) is 0. The van der Waals surface area contributed by atoms with Gasteiger partial charge in [0, 0.05) is 22.8 Å². The molecule has 0 radical (unpaired) electrons. The second kappa shape index (κ2) is 7.29. The van der Waals surface area contributed by atoms with Crippen molar-refractivity contribution in [2.24, 2.45) is 0 Å². The minimum Gasteiger partial charge on any atom is -0.380 e. The molecule has 0 aliphatic carbocycles. The molecular formula is C19H17F2NO2S. The molecule has 1 unspecified atom stereocenters. The molecule has 1 N–H and O–H groups in total. The van der Waals surface area contributed by atoms with Crippen molar-refractivity contribution in [1.29, 1.82) is 0 Å². The monoisotopic (exact) mass is 361 g/mol. The van der Waals surface area contributed by atoms with Gasteiger partial charge in [-0.1, -0.05) is 18.2 Å². The minimum absolute atomic E-state index is 0.147. The van der Waals surface area contributed by atoms with Crippen LogP contribution in [0.25, 0.3) is 10.1 Å². The number of benzene rings is 2. The van der Waals surface area contributed by atoms with E-state index in [-0.39, 0.29) is 30.2 Å². The third-order valence-electron chi connectivity index (χ3n) is 3.98. The first-order chi connectivity index (χ1) is 12.0. The molecule has 0 fully saturated rings. The maximum atomic E-state index is 14.2. The quantitative estimate of drug-likeness (QED) is 0.708. The highest BCUT2D eigenvalue weighted by molar-refractivity contribution is 7.21. The van der Waals surface area contributed by atoms with E-state index in [2.05, 4.69) is 5.32 Å². The normalized spacial score (nSPS) is 12.3. The van der Waals surface area contributed by atoms with Crippen molar-refractivity contribution < 1.29 is 18.3 Å². The number of carbonyl (C=O) groups excluding carboxylic acids is 1. The fourth-order valence-electron chi connectivity index (χ4n) is 2.73. The van der Waals surface area contributed by atoms with Crippen LogP contribution in [0.15, 0.2) is 42.5 Å². The van der Waals surface area contributed by atoms with Gasteiger partial charge in [0.1, 0.15) is 11.6 Å². The molecule has 2 aromatic carbocycles. The van der Waals surface area contributed by atoms with Crippen molar-refractivity contribution in [3.05, 3.63) is 70.1 Å². The maximum absolute atomic E-state index is 14.2. The molecule has 1 amide bonds. The number of thiophene rings is 1. The van der Waals surface area contributed by atoms with Crippen molar-refractivity contribution in [3.63, 3.8) is 0 Å². The molecule has 6 heteroatoms. The number of hydrogen-bond acceptors (Lipinski definition) is 3. The van der Waals surface area contributed by atoms with Crippen LogP contribution in [-0.4, -0.2) is 13.0 Å². The Bertz CT molecular complexity index is 906. The van der Waals surface area contributed by atoms with Crippen molar-refractivity contribution >= 4 is 27.3 Å². The average molecular weight is 361 g/mol. The third kappa shape index (κ3) is 3.55. The van der Waals surface area contributed by atoms with E-state index in [9.17, 15) is 13.6 Å². The smallest absolute Gasteiger partial charge is 0.262 e. The highest BCUT2D eigenvalue weighted by Gasteiger charge is 2.22. The lowest BCUT2D eigenvalue weighted by atomic mass is 10.1. The first-order valence-corrected chi connectivity index (χ1v) is 8.58. The van der Waals surface area contributed by atoms with E-state index < -0.39 is 0 Å². The molecule has 130 valence electrons. The van der Waals surface area contributed by atoms with Crippen LogP contribution in [-0.2, 0) is 11.3 Å². The van der Waals surface area contributed by atoms with E-state index in [0.717, 1.165) is 5.56 Å². The van der Waals surface area contributed by atoms with E-state index in [1.165, 1.54) is 36.6 Å². The molecule has 1 atom stereocenters. The van der Waals surface area contributed by atoms with E-state index in [1.807, 2.05) is 6.92 Å². The van der Waals surface area contributed by atoms with Gasteiger partial charge in [0.25, 0.3) is 5.91 Å². The van der Waals surface area contributed by atoms with Crippen LogP contribution in [0.4, 0.5) is 8.78 Å². The first kappa shape index (κ1) is 17.5. The topological polar surface area (TPSA) is 38.3 Å². The Morgan fingerprint density at radius 2 is 1.92 bits per heavy atom. The number of fused-ring (bicyclic) bond motifs is 1. The van der Waals surface area contributed by atoms with Gasteiger partial charge in [-0.2, -0.15) is 0 Å². The van der Waals surface area contributed by atoms with E-state index in [0.29, 0.717) is 20.5 Å². The third-order valence-corrected chi connectivity index (χ3v) is 5.17. The molecule has 25 heavy (non-hydrogen) atoms. The lowest BCUT2D eigenvalue weighted by molar-refractivity contribution is 0.0940. The van der Waals surface area contributed by atoms with Crippen molar-refractivity contribution in [1.82, 2.24) is 5.32 Å². The molecule has 1 aromatic heterocycles. The highest BCUT2D eigenvalue weighted by Crippen LogP contribution is 2.34. The number of amides is 1. The summed E-state index contributed by atoms with van der Waals surface area (Å²) in [4.78, 5) is 13.1. The van der Waals surface area contributed by atoms with Gasteiger partial charge in [-0.25, -0.2) is 8.78 Å². The van der Waals surface area contributed by atoms with Crippen molar-refractivity contribution in [3.8, 4) is 0 Å². The van der Waals surface area contributed by atoms with Gasteiger partial charge in [0.05, 0.1) is 17.5 Å². The van der Waals surface area contributed by atoms with Gasteiger partial charge in [0.15, 0.2) is 0 Å². The number of methoxy groups -OCH3 is 1. The molecule has 0 bridgehead atoms. The molecule has 3 aromatic rings. The van der Waals surface area contributed by atoms with Crippen molar-refractivity contribution in [2.45, 2.75) is 19.6 Å². The predicted molar refractivity (Wildman–Crippen MR) is 94.8 cm³/mol. The Morgan fingerprint density at radius 1 is 1.20 bits per heavy atom. The number of ether oxygens (including phenoxy) is 1. The van der Waals surface area contributed by atoms with Gasteiger partial charge < -0.3 is 10.1 Å². The number of hydrogen-bond donors (Lipinski definition) is 1. The lowest BCUT2D eigenvalue weighted by Crippen LogP contribution is -2.26. The van der Waals surface area contributed by atoms with Crippen LogP contribution in [0.1, 0.15) is 33.8 Å². The van der Waals surface area contributed by atoms with Gasteiger partial charge >= 0.3 is 0 Å². The standard InChI is InChI=1S/C19H17F2NO2S/c1-11(12-6-8-13(20)9-7-12)22-19(23)18-14(10-24-2)17-15(21)4-3-5-16(17)25-18/h3-9,11H,10H2,1-2H3,(H,22,23). The van der Waals surface area contributed by atoms with Crippen LogP contribution < -0.4 is 5.32 Å². The van der Waals surface area contributed by atoms with E-state index in [1.54, 1.807) is 24.3 Å². The summed E-state index contributed by atoms with van der Waals surface area (Å²) in [5, 5.41) is 3.31. The van der Waals surface area contributed by atoms with Crippen LogP contribution >= 0.6 is 11.3 Å². The molecule has 0 saturated heterocycles. The number of rotatable bonds is 5. The summed E-state index contributed by atoms with van der Waals surface area (Å²) >= 11 is 1.23. The zero-order valence-corrected chi connectivity index (χ0v) is 14.6. The Kier molecular flexibility index (Phi) is 5.11. The zero-order valence-electron chi connectivity index (χ0n) is 13.8. The summed E-state index contributed by atoms with van der Waals surface area (Å²) in [7, 11) is 1.51. The Labute approximate surface area is 148 Å². The Balaban J connectivity index is 1.92. The van der Waals surface area contributed by atoms with Crippen LogP contribution in [0, 0.1) is 11.6 Å². The van der Waals surface area contributed by atoms with Crippen LogP contribution in [0.3, 0.4) is 0 Å². The summed E-state index contributed by atoms with van der Waals surface area (Å²) in [5.41, 5.74) is 1.33. The van der Waals surface area contributed by atoms with E-state index >= 15 is 0 Å². The average Bonchev–Trinajstić information content (AvgIpc) is 2.96. The van der Waals surface area contributed by atoms with Gasteiger partial charge in [-0.3, -0.25) is 4.79 Å². The molecule has 0 aliphatic heterocycles. The minimum atomic E-state index is -0.369. The van der Waals surface area contributed by atoms with Gasteiger partial charge in [-0.05, 0) is 36.8 Å². The number of halogens is 2. The second-order valence-electron chi connectivity index (χ2n) is 5.70. The number of nitrogens with one attached hydrogen (secondary N) is 1. The molecular weight excluding hydrogens is 344 g/mol. The summed E-state index contributed by atoms with van der Waals surface area (Å²) in [6, 6.07) is 10.4. The maximum Gasteiger partial charge on any atom is 0.262 e. The first-order valence-electron chi connectivity index (χ1n) is 7.76. The molecule has 3 rings (SSSR count). The van der Waals surface area contributed by atoms with Gasteiger partial charge in [-0.15, -0.1) is 11.3 Å². The zero-order chi connectivity index (χ0) is 18.0. The fourth-order valence-corrected chi connectivity index (χ4v) is 3.85. The number of carbonyl (C=O) groups is 1. The fraction of sp³-hybridized carbons (Fsp3) is 0.211. The lowest BCUT2D eigenvalue weighted by Gasteiger charge is -2.14. The summed E-state index contributed by atoms with van der Waals surface area (Å²) in [5.74, 6) is -0.999. The molecule has 0 aliphatic rings. The SMILES string of the molecule is COCc1c(C(=O)NC(C)c2ccc(F)cc2)sc2cccc(F)c12. The van der Waals surface area contributed by atoms with Crippen LogP contribution in [0.5, 0.6) is 0 Å². The second-order valence-corrected chi connectivity index (χ2v) is 6.75. The highest BCUT2D eigenvalue weighted by atomic mass is 32.1. The largest absolute Gasteiger partial charge is 0.380 e. The van der Waals surface area contributed by atoms with E-state index in [4.69, 9.17) is 4.74 Å². The molecule has 0 spiro atoms. The Hall–Kier alpha value is -2.31. The summed E-state index contributed by atoms with van der Waals surface area (Å²) < 4.78 is 33.1. The summed E-state index contributed by atoms with van der Waals surface area (Å²) in [6.45, 7) is 1.96. The Morgan fingerprint density at radius 3 is 2.60 bits per heavy atom. The molecule has 3 nitrogen and oxygen atoms in total. The molecule has 1 heterocycles. The van der Waals surface area contributed by atoms with Crippen molar-refractivity contribution in [2.75, 3.05) is 7.11 Å².